The van der Waals surface area contributed by atoms with Crippen LogP contribution >= 0.6 is 0 Å². The minimum Gasteiger partial charge on any atom is -0.309 e. The molecule has 94 valence electrons. The average Bonchev–Trinajstić information content (AvgIpc) is 3.14. The van der Waals surface area contributed by atoms with Gasteiger partial charge in [-0.2, -0.15) is 0 Å². The number of aromatic nitrogens is 3. The van der Waals surface area contributed by atoms with Gasteiger partial charge in [-0.25, -0.2) is 4.68 Å². The van der Waals surface area contributed by atoms with E-state index < -0.39 is 0 Å². The molecule has 1 aromatic carbocycles. The van der Waals surface area contributed by atoms with Crippen LogP contribution in [0.15, 0.2) is 36.5 Å². The molecule has 1 aliphatic carbocycles. The molecular weight excluding hydrogens is 224 g/mol. The van der Waals surface area contributed by atoms with Crippen molar-refractivity contribution in [3.8, 4) is 5.69 Å². The van der Waals surface area contributed by atoms with Crippen LogP contribution in [0.1, 0.15) is 31.5 Å². The van der Waals surface area contributed by atoms with Crippen LogP contribution in [0.2, 0.25) is 0 Å². The van der Waals surface area contributed by atoms with Gasteiger partial charge < -0.3 is 5.32 Å². The van der Waals surface area contributed by atoms with Crippen molar-refractivity contribution in [3.63, 3.8) is 0 Å². The maximum absolute atomic E-state index is 4.23. The lowest BCUT2D eigenvalue weighted by Gasteiger charge is -2.18. The molecule has 0 aliphatic heterocycles. The quantitative estimate of drug-likeness (QED) is 0.875. The molecule has 18 heavy (non-hydrogen) atoms. The largest absolute Gasteiger partial charge is 0.309 e. The highest BCUT2D eigenvalue weighted by Crippen LogP contribution is 2.41. The Balaban J connectivity index is 1.95. The molecule has 3 rings (SSSR count). The lowest BCUT2D eigenvalue weighted by atomic mass is 10.1. The van der Waals surface area contributed by atoms with E-state index >= 15 is 0 Å². The molecule has 0 bridgehead atoms. The third kappa shape index (κ3) is 2.16. The standard InChI is InChI=1S/C14H18N4/c1-2-15-14(11-8-9-11)13-10-16-17-18(13)12-6-4-3-5-7-12/h3-7,10-11,14-15H,2,8-9H2,1H3. The van der Waals surface area contributed by atoms with Crippen LogP contribution in [0.25, 0.3) is 5.69 Å². The number of hydrogen-bond donors (Lipinski definition) is 1. The van der Waals surface area contributed by atoms with Crippen molar-refractivity contribution >= 4 is 0 Å². The Bertz CT molecular complexity index is 502. The summed E-state index contributed by atoms with van der Waals surface area (Å²) < 4.78 is 1.95. The maximum Gasteiger partial charge on any atom is 0.0818 e. The highest BCUT2D eigenvalue weighted by Gasteiger charge is 2.34. The van der Waals surface area contributed by atoms with Crippen molar-refractivity contribution in [1.82, 2.24) is 20.3 Å². The zero-order chi connectivity index (χ0) is 12.4. The van der Waals surface area contributed by atoms with E-state index in [1.54, 1.807) is 0 Å². The van der Waals surface area contributed by atoms with Crippen LogP contribution in [0, 0.1) is 5.92 Å². The Morgan fingerprint density at radius 2 is 2.11 bits per heavy atom. The summed E-state index contributed by atoms with van der Waals surface area (Å²) in [7, 11) is 0. The van der Waals surface area contributed by atoms with E-state index in [0.29, 0.717) is 6.04 Å². The van der Waals surface area contributed by atoms with Gasteiger partial charge in [0.25, 0.3) is 0 Å². The third-order valence-corrected chi connectivity index (χ3v) is 3.41. The lowest BCUT2D eigenvalue weighted by molar-refractivity contribution is 0.472. The lowest BCUT2D eigenvalue weighted by Crippen LogP contribution is -2.25. The van der Waals surface area contributed by atoms with Crippen LogP contribution in [-0.4, -0.2) is 21.5 Å². The normalized spacial score (nSPS) is 16.7. The van der Waals surface area contributed by atoms with E-state index in [-0.39, 0.29) is 0 Å². The van der Waals surface area contributed by atoms with Gasteiger partial charge in [-0.1, -0.05) is 30.3 Å². The fraction of sp³-hybridized carbons (Fsp3) is 0.429. The molecule has 1 atom stereocenters. The molecular formula is C14H18N4. The van der Waals surface area contributed by atoms with E-state index in [1.165, 1.54) is 18.5 Å². The van der Waals surface area contributed by atoms with Crippen LogP contribution in [-0.2, 0) is 0 Å². The molecule has 1 unspecified atom stereocenters. The van der Waals surface area contributed by atoms with Gasteiger partial charge in [-0.3, -0.25) is 0 Å². The first kappa shape index (κ1) is 11.4. The Kier molecular flexibility index (Phi) is 3.11. The molecule has 1 fully saturated rings. The molecule has 2 aromatic rings. The average molecular weight is 242 g/mol. The number of para-hydroxylation sites is 1. The summed E-state index contributed by atoms with van der Waals surface area (Å²) in [6.07, 6.45) is 4.49. The van der Waals surface area contributed by atoms with Crippen molar-refractivity contribution in [1.29, 1.82) is 0 Å². The second-order valence-corrected chi connectivity index (χ2v) is 4.78. The highest BCUT2D eigenvalue weighted by atomic mass is 15.4. The van der Waals surface area contributed by atoms with Crippen LogP contribution in [0.5, 0.6) is 0 Å². The number of hydrogen-bond acceptors (Lipinski definition) is 3. The van der Waals surface area contributed by atoms with Gasteiger partial charge in [0.05, 0.1) is 23.6 Å². The first-order valence-corrected chi connectivity index (χ1v) is 6.59. The minimum absolute atomic E-state index is 0.380. The molecule has 0 spiro atoms. The SMILES string of the molecule is CCNC(c1cnnn1-c1ccccc1)C1CC1. The molecule has 1 saturated carbocycles. The molecule has 4 heteroatoms. The Hall–Kier alpha value is -1.68. The third-order valence-electron chi connectivity index (χ3n) is 3.41. The number of nitrogens with one attached hydrogen (secondary N) is 1. The summed E-state index contributed by atoms with van der Waals surface area (Å²) in [5.74, 6) is 0.742. The molecule has 0 amide bonds. The van der Waals surface area contributed by atoms with Gasteiger partial charge in [-0.15, -0.1) is 5.10 Å². The summed E-state index contributed by atoms with van der Waals surface area (Å²) in [5, 5.41) is 11.9. The second kappa shape index (κ2) is 4.90. The molecule has 1 aliphatic rings. The summed E-state index contributed by atoms with van der Waals surface area (Å²) in [4.78, 5) is 0. The molecule has 1 N–H and O–H groups in total. The number of nitrogens with zero attached hydrogens (tertiary/aromatic N) is 3. The van der Waals surface area contributed by atoms with E-state index in [1.807, 2.05) is 29.1 Å². The predicted molar refractivity (Wildman–Crippen MR) is 70.5 cm³/mol. The van der Waals surface area contributed by atoms with Gasteiger partial charge >= 0.3 is 0 Å². The van der Waals surface area contributed by atoms with Crippen LogP contribution in [0.3, 0.4) is 0 Å². The monoisotopic (exact) mass is 242 g/mol. The Morgan fingerprint density at radius 1 is 1.33 bits per heavy atom. The van der Waals surface area contributed by atoms with Gasteiger partial charge in [0, 0.05) is 0 Å². The van der Waals surface area contributed by atoms with Gasteiger partial charge in [0.1, 0.15) is 0 Å². The van der Waals surface area contributed by atoms with Crippen LogP contribution in [0.4, 0.5) is 0 Å². The summed E-state index contributed by atoms with van der Waals surface area (Å²) in [5.41, 5.74) is 2.25. The fourth-order valence-corrected chi connectivity index (χ4v) is 2.39. The molecule has 0 radical (unpaired) electrons. The molecule has 1 aromatic heterocycles. The summed E-state index contributed by atoms with van der Waals surface area (Å²) in [6.45, 7) is 3.12. The van der Waals surface area contributed by atoms with E-state index in [4.69, 9.17) is 0 Å². The second-order valence-electron chi connectivity index (χ2n) is 4.78. The first-order valence-electron chi connectivity index (χ1n) is 6.59. The van der Waals surface area contributed by atoms with Gasteiger partial charge in [-0.05, 0) is 37.4 Å². The topological polar surface area (TPSA) is 42.7 Å². The van der Waals surface area contributed by atoms with Crippen molar-refractivity contribution < 1.29 is 0 Å². The number of rotatable bonds is 5. The minimum atomic E-state index is 0.380. The van der Waals surface area contributed by atoms with Gasteiger partial charge in [0.2, 0.25) is 0 Å². The number of benzene rings is 1. The van der Waals surface area contributed by atoms with Crippen molar-refractivity contribution in [2.45, 2.75) is 25.8 Å². The van der Waals surface area contributed by atoms with Crippen molar-refractivity contribution in [2.24, 2.45) is 5.92 Å². The summed E-state index contributed by atoms with van der Waals surface area (Å²) >= 11 is 0. The predicted octanol–water partition coefficient (Wildman–Crippen LogP) is 2.33. The molecule has 4 nitrogen and oxygen atoms in total. The van der Waals surface area contributed by atoms with Crippen molar-refractivity contribution in [3.05, 3.63) is 42.2 Å². The zero-order valence-corrected chi connectivity index (χ0v) is 10.6. The fourth-order valence-electron chi connectivity index (χ4n) is 2.39. The molecule has 0 saturated heterocycles. The Labute approximate surface area is 107 Å². The maximum atomic E-state index is 4.23. The van der Waals surface area contributed by atoms with E-state index in [9.17, 15) is 0 Å². The first-order chi connectivity index (χ1) is 8.90. The van der Waals surface area contributed by atoms with E-state index in [2.05, 4.69) is 34.7 Å². The highest BCUT2D eigenvalue weighted by molar-refractivity contribution is 5.32. The zero-order valence-electron chi connectivity index (χ0n) is 10.6. The van der Waals surface area contributed by atoms with Crippen LogP contribution < -0.4 is 5.32 Å². The van der Waals surface area contributed by atoms with Gasteiger partial charge in [0.15, 0.2) is 0 Å². The Morgan fingerprint density at radius 3 is 2.78 bits per heavy atom. The molecule has 1 heterocycles. The van der Waals surface area contributed by atoms with Crippen molar-refractivity contribution in [2.75, 3.05) is 6.54 Å². The van der Waals surface area contributed by atoms with E-state index in [0.717, 1.165) is 18.2 Å². The smallest absolute Gasteiger partial charge is 0.0818 e. The summed E-state index contributed by atoms with van der Waals surface area (Å²) in [6, 6.07) is 10.6.